The van der Waals surface area contributed by atoms with E-state index >= 15 is 0 Å². The second kappa shape index (κ2) is 9.29. The first-order valence-corrected chi connectivity index (χ1v) is 9.89. The van der Waals surface area contributed by atoms with E-state index < -0.39 is 23.4 Å². The van der Waals surface area contributed by atoms with Crippen LogP contribution in [0.4, 0.5) is 23.8 Å². The molecule has 1 aromatic heterocycles. The molecule has 1 N–H and O–H groups in total. The second-order valence-corrected chi connectivity index (χ2v) is 7.29. The summed E-state index contributed by atoms with van der Waals surface area (Å²) in [5, 5.41) is 13.4. The standard InChI is InChI=1S/C21H17F3N4O6/c22-21(23,24)34-17-7-5-15(6-8-17)14-3-1-13(2-4-14)11-33-20(29)25-16-9-27-10-18(28(30)31)26-19(27)32-12-16/h1-8,10,16H,9,11-12H2,(H,25,29)/t16-/m0/s1. The third-order valence-electron chi connectivity index (χ3n) is 4.81. The monoisotopic (exact) mass is 478 g/mol. The smallest absolute Gasteiger partial charge is 0.445 e. The molecule has 2 heterocycles. The number of amides is 1. The number of fused-ring (bicyclic) bond motifs is 1. The summed E-state index contributed by atoms with van der Waals surface area (Å²) in [5.74, 6) is -0.648. The van der Waals surface area contributed by atoms with Gasteiger partial charge in [0, 0.05) is 4.98 Å². The van der Waals surface area contributed by atoms with Crippen LogP contribution in [-0.4, -0.2) is 39.6 Å². The highest BCUT2D eigenvalue weighted by Gasteiger charge is 2.31. The molecule has 178 valence electrons. The molecule has 3 aromatic rings. The van der Waals surface area contributed by atoms with Gasteiger partial charge in [0.2, 0.25) is 0 Å². The van der Waals surface area contributed by atoms with E-state index in [-0.39, 0.29) is 37.3 Å². The second-order valence-electron chi connectivity index (χ2n) is 7.29. The third kappa shape index (κ3) is 5.74. The van der Waals surface area contributed by atoms with Gasteiger partial charge in [-0.3, -0.25) is 4.57 Å². The zero-order valence-corrected chi connectivity index (χ0v) is 17.3. The van der Waals surface area contributed by atoms with Crippen molar-refractivity contribution in [3.8, 4) is 22.9 Å². The Hall–Kier alpha value is -4.29. The van der Waals surface area contributed by atoms with E-state index in [0.29, 0.717) is 11.1 Å². The molecule has 0 bridgehead atoms. The predicted octanol–water partition coefficient (Wildman–Crippen LogP) is 4.04. The number of rotatable bonds is 6. The van der Waals surface area contributed by atoms with E-state index in [1.54, 1.807) is 24.3 Å². The van der Waals surface area contributed by atoms with Gasteiger partial charge in [-0.05, 0) is 33.7 Å². The van der Waals surface area contributed by atoms with Crippen LogP contribution in [0.25, 0.3) is 11.1 Å². The van der Waals surface area contributed by atoms with E-state index in [1.165, 1.54) is 35.0 Å². The van der Waals surface area contributed by atoms with E-state index in [9.17, 15) is 28.1 Å². The molecule has 0 saturated carbocycles. The van der Waals surface area contributed by atoms with Crippen molar-refractivity contribution in [2.24, 2.45) is 0 Å². The van der Waals surface area contributed by atoms with Gasteiger partial charge in [0.05, 0.1) is 12.6 Å². The van der Waals surface area contributed by atoms with Gasteiger partial charge in [-0.1, -0.05) is 36.4 Å². The summed E-state index contributed by atoms with van der Waals surface area (Å²) in [5.41, 5.74) is 2.15. The number of carbonyl (C=O) groups excluding carboxylic acids is 1. The minimum atomic E-state index is -4.75. The fourth-order valence-electron chi connectivity index (χ4n) is 3.27. The van der Waals surface area contributed by atoms with Crippen molar-refractivity contribution in [3.63, 3.8) is 0 Å². The molecule has 4 rings (SSSR count). The minimum Gasteiger partial charge on any atom is -0.445 e. The lowest BCUT2D eigenvalue weighted by Crippen LogP contribution is -2.44. The number of aromatic nitrogens is 2. The van der Waals surface area contributed by atoms with Gasteiger partial charge in [-0.25, -0.2) is 4.79 Å². The summed E-state index contributed by atoms with van der Waals surface area (Å²) < 4.78 is 52.6. The SMILES string of the molecule is O=C(N[C@@H]1COc2nc([N+](=O)[O-])cn2C1)OCc1ccc(-c2ccc(OC(F)(F)F)cc2)cc1. The summed E-state index contributed by atoms with van der Waals surface area (Å²) in [4.78, 5) is 26.0. The number of nitrogens with one attached hydrogen (secondary N) is 1. The molecule has 1 atom stereocenters. The topological polar surface area (TPSA) is 118 Å². The van der Waals surface area contributed by atoms with Gasteiger partial charge in [-0.2, -0.15) is 0 Å². The normalized spacial score (nSPS) is 15.1. The molecule has 13 heteroatoms. The summed E-state index contributed by atoms with van der Waals surface area (Å²) in [7, 11) is 0. The molecule has 34 heavy (non-hydrogen) atoms. The molecule has 0 spiro atoms. The number of nitro groups is 1. The molecule has 1 aliphatic rings. The van der Waals surface area contributed by atoms with Crippen LogP contribution in [-0.2, 0) is 17.9 Å². The van der Waals surface area contributed by atoms with Crippen LogP contribution in [0.15, 0.2) is 54.7 Å². The van der Waals surface area contributed by atoms with Crippen molar-refractivity contribution in [2.75, 3.05) is 6.61 Å². The summed E-state index contributed by atoms with van der Waals surface area (Å²) in [6.07, 6.45) is -4.20. The number of ether oxygens (including phenoxy) is 3. The first-order chi connectivity index (χ1) is 16.2. The Morgan fingerprint density at radius 1 is 1.18 bits per heavy atom. The van der Waals surface area contributed by atoms with Crippen molar-refractivity contribution in [1.29, 1.82) is 0 Å². The van der Waals surface area contributed by atoms with E-state index in [4.69, 9.17) is 9.47 Å². The molecule has 0 radical (unpaired) electrons. The Balaban J connectivity index is 1.27. The number of hydrogen-bond acceptors (Lipinski definition) is 7. The lowest BCUT2D eigenvalue weighted by atomic mass is 10.0. The zero-order chi connectivity index (χ0) is 24.3. The van der Waals surface area contributed by atoms with Crippen LogP contribution in [0.2, 0.25) is 0 Å². The van der Waals surface area contributed by atoms with Crippen molar-refractivity contribution in [1.82, 2.24) is 14.9 Å². The molecule has 2 aromatic carbocycles. The first kappa shape index (κ1) is 22.9. The van der Waals surface area contributed by atoms with Crippen molar-refractivity contribution >= 4 is 11.9 Å². The largest absolute Gasteiger partial charge is 0.573 e. The highest BCUT2D eigenvalue weighted by atomic mass is 19.4. The highest BCUT2D eigenvalue weighted by Crippen LogP contribution is 2.27. The Morgan fingerprint density at radius 2 is 1.82 bits per heavy atom. The Bertz CT molecular complexity index is 1180. The average molecular weight is 478 g/mol. The van der Waals surface area contributed by atoms with Crippen molar-refractivity contribution in [3.05, 3.63) is 70.4 Å². The van der Waals surface area contributed by atoms with Gasteiger partial charge in [0.25, 0.3) is 0 Å². The van der Waals surface area contributed by atoms with E-state index in [0.717, 1.165) is 5.56 Å². The van der Waals surface area contributed by atoms with Gasteiger partial charge < -0.3 is 29.6 Å². The number of carbonyl (C=O) groups is 1. The minimum absolute atomic E-state index is 0.0140. The number of nitrogens with zero attached hydrogens (tertiary/aromatic N) is 3. The Kier molecular flexibility index (Phi) is 6.25. The lowest BCUT2D eigenvalue weighted by molar-refractivity contribution is -0.389. The molecular formula is C21H17F3N4O6. The van der Waals surface area contributed by atoms with Gasteiger partial charge in [-0.15, -0.1) is 13.2 Å². The quantitative estimate of drug-likeness (QED) is 0.420. The van der Waals surface area contributed by atoms with Crippen LogP contribution < -0.4 is 14.8 Å². The molecule has 10 nitrogen and oxygen atoms in total. The number of benzene rings is 2. The Labute approximate surface area is 190 Å². The molecule has 1 amide bonds. The van der Waals surface area contributed by atoms with Crippen LogP contribution >= 0.6 is 0 Å². The maximum Gasteiger partial charge on any atom is 0.573 e. The van der Waals surface area contributed by atoms with Crippen molar-refractivity contribution < 1.29 is 37.1 Å². The molecule has 0 aliphatic carbocycles. The van der Waals surface area contributed by atoms with Crippen molar-refractivity contribution in [2.45, 2.75) is 25.6 Å². The summed E-state index contributed by atoms with van der Waals surface area (Å²) >= 11 is 0. The number of alkyl halides is 3. The first-order valence-electron chi connectivity index (χ1n) is 9.89. The molecular weight excluding hydrogens is 461 g/mol. The van der Waals surface area contributed by atoms with E-state index in [1.807, 2.05) is 0 Å². The molecule has 0 saturated heterocycles. The van der Waals surface area contributed by atoms with Crippen LogP contribution in [0.3, 0.4) is 0 Å². The number of imidazole rings is 1. The molecule has 1 aliphatic heterocycles. The fraction of sp³-hybridized carbons (Fsp3) is 0.238. The fourth-order valence-corrected chi connectivity index (χ4v) is 3.27. The molecule has 0 unspecified atom stereocenters. The number of alkyl carbamates (subject to hydrolysis) is 1. The van der Waals surface area contributed by atoms with Crippen LogP contribution in [0, 0.1) is 10.1 Å². The third-order valence-corrected chi connectivity index (χ3v) is 4.81. The summed E-state index contributed by atoms with van der Waals surface area (Å²) in [6, 6.07) is 12.1. The van der Waals surface area contributed by atoms with Gasteiger partial charge >= 0.3 is 24.3 Å². The maximum atomic E-state index is 12.3. The maximum absolute atomic E-state index is 12.3. The Morgan fingerprint density at radius 3 is 2.44 bits per heavy atom. The lowest BCUT2D eigenvalue weighted by Gasteiger charge is -2.22. The number of hydrogen-bond donors (Lipinski definition) is 1. The van der Waals surface area contributed by atoms with Gasteiger partial charge in [0.15, 0.2) is 0 Å². The van der Waals surface area contributed by atoms with Gasteiger partial charge in [0.1, 0.15) is 25.2 Å². The summed E-state index contributed by atoms with van der Waals surface area (Å²) in [6.45, 7) is 0.317. The van der Waals surface area contributed by atoms with E-state index in [2.05, 4.69) is 15.0 Å². The molecule has 0 fully saturated rings. The highest BCUT2D eigenvalue weighted by molar-refractivity contribution is 5.68. The number of halogens is 3. The zero-order valence-electron chi connectivity index (χ0n) is 17.3. The van der Waals surface area contributed by atoms with Crippen LogP contribution in [0.5, 0.6) is 11.8 Å². The average Bonchev–Trinajstić information content (AvgIpc) is 3.21. The predicted molar refractivity (Wildman–Crippen MR) is 110 cm³/mol. The van der Waals surface area contributed by atoms with Crippen LogP contribution in [0.1, 0.15) is 5.56 Å².